The van der Waals surface area contributed by atoms with Crippen LogP contribution >= 0.6 is 0 Å². The van der Waals surface area contributed by atoms with Gasteiger partial charge in [0.1, 0.15) is 6.04 Å². The first-order valence-corrected chi connectivity index (χ1v) is 5.91. The second-order valence-corrected chi connectivity index (χ2v) is 4.34. The van der Waals surface area contributed by atoms with Gasteiger partial charge in [-0.25, -0.2) is 9.59 Å². The molecular formula is C11H20N2O4. The first-order chi connectivity index (χ1) is 8.02. The van der Waals surface area contributed by atoms with Crippen LogP contribution in [0.5, 0.6) is 0 Å². The van der Waals surface area contributed by atoms with Crippen molar-refractivity contribution in [2.24, 2.45) is 0 Å². The smallest absolute Gasteiger partial charge is 0.326 e. The Balaban J connectivity index is 2.29. The summed E-state index contributed by atoms with van der Waals surface area (Å²) >= 11 is 0. The molecule has 0 spiro atoms. The van der Waals surface area contributed by atoms with E-state index in [2.05, 4.69) is 5.32 Å². The van der Waals surface area contributed by atoms with E-state index >= 15 is 0 Å². The van der Waals surface area contributed by atoms with E-state index in [1.54, 1.807) is 0 Å². The quantitative estimate of drug-likeness (QED) is 0.697. The predicted octanol–water partition coefficient (Wildman–Crippen LogP) is 0.670. The summed E-state index contributed by atoms with van der Waals surface area (Å²) in [6.45, 7) is 5.19. The number of nitrogens with one attached hydrogen (secondary N) is 1. The van der Waals surface area contributed by atoms with Crippen molar-refractivity contribution in [3.8, 4) is 0 Å². The summed E-state index contributed by atoms with van der Waals surface area (Å²) in [5.41, 5.74) is 0. The number of carbonyl (C=O) groups is 2. The van der Waals surface area contributed by atoms with E-state index in [-0.39, 0.29) is 12.1 Å². The van der Waals surface area contributed by atoms with Crippen molar-refractivity contribution >= 4 is 12.0 Å². The standard InChI is InChI=1S/C11H20N2O4/c1-8(2)17-7-5-12-11(16)13-6-3-4-9(13)10(14)15/h8-9H,3-7H2,1-2H3,(H,12,16)(H,14,15)/t9-/m0/s1. The molecule has 0 bridgehead atoms. The number of hydrogen-bond acceptors (Lipinski definition) is 3. The van der Waals surface area contributed by atoms with Gasteiger partial charge >= 0.3 is 12.0 Å². The molecule has 1 aliphatic heterocycles. The Morgan fingerprint density at radius 2 is 2.24 bits per heavy atom. The number of rotatable bonds is 5. The summed E-state index contributed by atoms with van der Waals surface area (Å²) < 4.78 is 5.28. The molecule has 1 aliphatic rings. The van der Waals surface area contributed by atoms with E-state index in [0.717, 1.165) is 6.42 Å². The van der Waals surface area contributed by atoms with Gasteiger partial charge in [-0.3, -0.25) is 0 Å². The molecule has 2 amide bonds. The summed E-state index contributed by atoms with van der Waals surface area (Å²) in [7, 11) is 0. The number of likely N-dealkylation sites (tertiary alicyclic amines) is 1. The fourth-order valence-corrected chi connectivity index (χ4v) is 1.82. The van der Waals surface area contributed by atoms with Gasteiger partial charge in [-0.15, -0.1) is 0 Å². The number of aliphatic carboxylic acids is 1. The van der Waals surface area contributed by atoms with Crippen molar-refractivity contribution in [3.05, 3.63) is 0 Å². The molecule has 1 rings (SSSR count). The van der Waals surface area contributed by atoms with E-state index in [1.165, 1.54) is 4.90 Å². The van der Waals surface area contributed by atoms with E-state index in [1.807, 2.05) is 13.8 Å². The van der Waals surface area contributed by atoms with Crippen molar-refractivity contribution in [1.82, 2.24) is 10.2 Å². The topological polar surface area (TPSA) is 78.9 Å². The third-order valence-electron chi connectivity index (χ3n) is 2.63. The second kappa shape index (κ2) is 6.44. The minimum atomic E-state index is -0.934. The molecule has 0 saturated carbocycles. The highest BCUT2D eigenvalue weighted by molar-refractivity contribution is 5.83. The highest BCUT2D eigenvalue weighted by Gasteiger charge is 2.33. The lowest BCUT2D eigenvalue weighted by Gasteiger charge is -2.21. The number of hydrogen-bond donors (Lipinski definition) is 2. The van der Waals surface area contributed by atoms with E-state index < -0.39 is 12.0 Å². The van der Waals surface area contributed by atoms with Crippen molar-refractivity contribution in [3.63, 3.8) is 0 Å². The number of amides is 2. The van der Waals surface area contributed by atoms with E-state index in [4.69, 9.17) is 9.84 Å². The lowest BCUT2D eigenvalue weighted by molar-refractivity contribution is -0.141. The van der Waals surface area contributed by atoms with Crippen LogP contribution in [0.2, 0.25) is 0 Å². The van der Waals surface area contributed by atoms with Gasteiger partial charge in [0.2, 0.25) is 0 Å². The zero-order chi connectivity index (χ0) is 12.8. The molecule has 98 valence electrons. The van der Waals surface area contributed by atoms with Gasteiger partial charge in [0, 0.05) is 13.1 Å². The molecule has 6 nitrogen and oxygen atoms in total. The van der Waals surface area contributed by atoms with Crippen LogP contribution in [0.15, 0.2) is 0 Å². The summed E-state index contributed by atoms with van der Waals surface area (Å²) in [6, 6.07) is -0.997. The molecule has 1 saturated heterocycles. The van der Waals surface area contributed by atoms with Crippen molar-refractivity contribution in [2.45, 2.75) is 38.8 Å². The van der Waals surface area contributed by atoms with Crippen LogP contribution in [-0.4, -0.2) is 53.8 Å². The number of ether oxygens (including phenoxy) is 1. The van der Waals surface area contributed by atoms with Crippen molar-refractivity contribution < 1.29 is 19.4 Å². The molecule has 2 N–H and O–H groups in total. The highest BCUT2D eigenvalue weighted by atomic mass is 16.5. The third-order valence-corrected chi connectivity index (χ3v) is 2.63. The molecule has 0 aromatic rings. The SMILES string of the molecule is CC(C)OCCNC(=O)N1CCC[C@H]1C(=O)O. The fraction of sp³-hybridized carbons (Fsp3) is 0.818. The van der Waals surface area contributed by atoms with Gasteiger partial charge in [0.15, 0.2) is 0 Å². The third kappa shape index (κ3) is 4.22. The molecule has 0 aromatic heterocycles. The molecule has 0 aliphatic carbocycles. The van der Waals surface area contributed by atoms with Crippen LogP contribution in [-0.2, 0) is 9.53 Å². The number of carboxylic acid groups (broad SMARTS) is 1. The van der Waals surface area contributed by atoms with Crippen molar-refractivity contribution in [1.29, 1.82) is 0 Å². The monoisotopic (exact) mass is 244 g/mol. The summed E-state index contributed by atoms with van der Waals surface area (Å²) in [4.78, 5) is 24.0. The van der Waals surface area contributed by atoms with Gasteiger partial charge < -0.3 is 20.1 Å². The Bertz CT molecular complexity index is 281. The summed E-state index contributed by atoms with van der Waals surface area (Å²) in [5.74, 6) is -0.934. The number of carbonyl (C=O) groups excluding carboxylic acids is 1. The van der Waals surface area contributed by atoms with Gasteiger partial charge in [0.05, 0.1) is 12.7 Å². The molecule has 0 radical (unpaired) electrons. The van der Waals surface area contributed by atoms with Crippen LogP contribution in [0.4, 0.5) is 4.79 Å². The van der Waals surface area contributed by atoms with E-state index in [9.17, 15) is 9.59 Å². The Labute approximate surface area is 101 Å². The maximum absolute atomic E-state index is 11.7. The number of carboxylic acids is 1. The molecular weight excluding hydrogens is 224 g/mol. The zero-order valence-electron chi connectivity index (χ0n) is 10.3. The fourth-order valence-electron chi connectivity index (χ4n) is 1.82. The average Bonchev–Trinajstić information content (AvgIpc) is 2.72. The maximum Gasteiger partial charge on any atom is 0.326 e. The van der Waals surface area contributed by atoms with Gasteiger partial charge in [-0.1, -0.05) is 0 Å². The molecule has 17 heavy (non-hydrogen) atoms. The van der Waals surface area contributed by atoms with Crippen molar-refractivity contribution in [2.75, 3.05) is 19.7 Å². The zero-order valence-corrected chi connectivity index (χ0v) is 10.3. The van der Waals surface area contributed by atoms with Crippen LogP contribution in [0.1, 0.15) is 26.7 Å². The van der Waals surface area contributed by atoms with Gasteiger partial charge in [-0.05, 0) is 26.7 Å². The average molecular weight is 244 g/mol. The molecule has 1 fully saturated rings. The van der Waals surface area contributed by atoms with Crippen LogP contribution in [0.3, 0.4) is 0 Å². The Kier molecular flexibility index (Phi) is 5.21. The summed E-state index contributed by atoms with van der Waals surface area (Å²) in [5, 5.41) is 11.6. The minimum Gasteiger partial charge on any atom is -0.480 e. The predicted molar refractivity (Wildman–Crippen MR) is 61.9 cm³/mol. The second-order valence-electron chi connectivity index (χ2n) is 4.34. The molecule has 6 heteroatoms. The van der Waals surface area contributed by atoms with Gasteiger partial charge in [0.25, 0.3) is 0 Å². The highest BCUT2D eigenvalue weighted by Crippen LogP contribution is 2.16. The summed E-state index contributed by atoms with van der Waals surface area (Å²) in [6.07, 6.45) is 1.41. The maximum atomic E-state index is 11.7. The lowest BCUT2D eigenvalue weighted by atomic mass is 10.2. The molecule has 0 aromatic carbocycles. The number of urea groups is 1. The lowest BCUT2D eigenvalue weighted by Crippen LogP contribution is -2.46. The van der Waals surface area contributed by atoms with E-state index in [0.29, 0.717) is 26.1 Å². The Hall–Kier alpha value is -1.30. The van der Waals surface area contributed by atoms with Crippen LogP contribution in [0.25, 0.3) is 0 Å². The Morgan fingerprint density at radius 1 is 1.53 bits per heavy atom. The number of nitrogens with zero attached hydrogens (tertiary/aromatic N) is 1. The normalized spacial score (nSPS) is 19.7. The molecule has 1 heterocycles. The first-order valence-electron chi connectivity index (χ1n) is 5.91. The Morgan fingerprint density at radius 3 is 2.82 bits per heavy atom. The minimum absolute atomic E-state index is 0.130. The van der Waals surface area contributed by atoms with Crippen LogP contribution in [0, 0.1) is 0 Å². The first kappa shape index (κ1) is 13.8. The molecule has 0 unspecified atom stereocenters. The van der Waals surface area contributed by atoms with Crippen LogP contribution < -0.4 is 5.32 Å². The largest absolute Gasteiger partial charge is 0.480 e. The van der Waals surface area contributed by atoms with Gasteiger partial charge in [-0.2, -0.15) is 0 Å². The molecule has 1 atom stereocenters.